The Hall–Kier alpha value is -2.98. The monoisotopic (exact) mass is 377 g/mol. The lowest BCUT2D eigenvalue weighted by Gasteiger charge is -2.12. The van der Waals surface area contributed by atoms with Crippen molar-refractivity contribution >= 4 is 17.7 Å². The Labute approximate surface area is 163 Å². The van der Waals surface area contributed by atoms with Crippen LogP contribution in [0.1, 0.15) is 11.1 Å². The molecule has 3 aromatic rings. The summed E-state index contributed by atoms with van der Waals surface area (Å²) in [4.78, 5) is 11.7. The molecule has 0 bridgehead atoms. The highest BCUT2D eigenvalue weighted by atomic mass is 32.2. The predicted molar refractivity (Wildman–Crippen MR) is 111 cm³/mol. The van der Waals surface area contributed by atoms with Crippen LogP contribution in [0.5, 0.6) is 17.2 Å². The van der Waals surface area contributed by atoms with E-state index < -0.39 is 0 Å². The zero-order valence-corrected chi connectivity index (χ0v) is 16.1. The molecular formula is C23H21O3S+. The van der Waals surface area contributed by atoms with Crippen molar-refractivity contribution in [1.29, 1.82) is 0 Å². The van der Waals surface area contributed by atoms with Crippen molar-refractivity contribution in [2.45, 2.75) is 23.6 Å². The highest BCUT2D eigenvalue weighted by Crippen LogP contribution is 2.39. The van der Waals surface area contributed by atoms with Gasteiger partial charge >= 0.3 is 5.97 Å². The summed E-state index contributed by atoms with van der Waals surface area (Å²) in [6.45, 7) is 7.41. The van der Waals surface area contributed by atoms with Gasteiger partial charge in [-0.25, -0.2) is 0 Å². The molecule has 0 heterocycles. The lowest BCUT2D eigenvalue weighted by atomic mass is 10.1. The molecule has 0 saturated carbocycles. The first kappa shape index (κ1) is 18.8. The summed E-state index contributed by atoms with van der Waals surface area (Å²) in [5.74, 6) is 2.05. The highest BCUT2D eigenvalue weighted by molar-refractivity contribution is 7.99. The fraction of sp³-hybridized carbons (Fsp3) is 0.0870. The standard InChI is InChI=1S/C23H20O3S/c1-4-22(24)26-23-16(2)14-19(15-17(23)3)27-21-13-9-8-12-20(21)25-18-10-6-5-7-11-18/h4-15H,1H2,2-3H3/p+1. The van der Waals surface area contributed by atoms with Crippen LogP contribution in [0.25, 0.3) is 0 Å². The second-order valence-corrected chi connectivity index (χ2v) is 7.11. The molecule has 1 N–H and O–H groups in total. The quantitative estimate of drug-likeness (QED) is 0.219. The molecule has 0 amide bonds. The number of carbonyl (C=O) groups excluding carboxylic acids is 1. The summed E-state index contributed by atoms with van der Waals surface area (Å²) in [5, 5.41) is 0. The van der Waals surface area contributed by atoms with E-state index in [-0.39, 0.29) is 5.97 Å². The van der Waals surface area contributed by atoms with Crippen molar-refractivity contribution in [3.63, 3.8) is 0 Å². The third kappa shape index (κ3) is 4.80. The smallest absolute Gasteiger partial charge is 0.456 e. The highest BCUT2D eigenvalue weighted by Gasteiger charge is 2.18. The molecule has 0 aliphatic heterocycles. The normalized spacial score (nSPS) is 10.3. The molecule has 3 rings (SSSR count). The Kier molecular flexibility index (Phi) is 5.99. The predicted octanol–water partition coefficient (Wildman–Crippen LogP) is 6.31. The fourth-order valence-electron chi connectivity index (χ4n) is 2.64. The van der Waals surface area contributed by atoms with Crippen LogP contribution < -0.4 is 9.47 Å². The molecular weight excluding hydrogens is 356 g/mol. The van der Waals surface area contributed by atoms with Crippen LogP contribution in [0.4, 0.5) is 0 Å². The van der Waals surface area contributed by atoms with Gasteiger partial charge in [-0.05, 0) is 50.2 Å². The second kappa shape index (κ2) is 8.60. The maximum atomic E-state index is 9.60. The minimum atomic E-state index is -0.205. The first-order valence-corrected chi connectivity index (χ1v) is 9.35. The van der Waals surface area contributed by atoms with Crippen LogP contribution in [0.15, 0.2) is 89.2 Å². The van der Waals surface area contributed by atoms with Gasteiger partial charge in [-0.15, -0.1) is 0 Å². The third-order valence-corrected chi connectivity index (χ3v) is 4.89. The SMILES string of the molecule is C=CC(=[OH+])Oc1c(C)cc(Sc2ccccc2Oc2ccccc2)cc1C. The lowest BCUT2D eigenvalue weighted by molar-refractivity contribution is 0.467. The molecule has 0 saturated heterocycles. The van der Waals surface area contributed by atoms with Crippen LogP contribution in [-0.4, -0.2) is 10.8 Å². The van der Waals surface area contributed by atoms with Gasteiger partial charge in [-0.1, -0.05) is 48.7 Å². The Balaban J connectivity index is 1.85. The van der Waals surface area contributed by atoms with E-state index in [1.165, 1.54) is 6.08 Å². The molecule has 3 nitrogen and oxygen atoms in total. The van der Waals surface area contributed by atoms with Crippen molar-refractivity contribution in [2.75, 3.05) is 0 Å². The Morgan fingerprint density at radius 1 is 0.963 bits per heavy atom. The average molecular weight is 377 g/mol. The fourth-order valence-corrected chi connectivity index (χ4v) is 3.72. The number of rotatable bonds is 6. The molecule has 3 aromatic carbocycles. The van der Waals surface area contributed by atoms with Crippen LogP contribution in [0, 0.1) is 13.8 Å². The number of para-hydroxylation sites is 2. The molecule has 0 fully saturated rings. The maximum Gasteiger partial charge on any atom is 0.515 e. The van der Waals surface area contributed by atoms with Gasteiger partial charge in [0.1, 0.15) is 11.5 Å². The van der Waals surface area contributed by atoms with Crippen LogP contribution >= 0.6 is 11.8 Å². The molecule has 0 aliphatic rings. The Morgan fingerprint density at radius 3 is 2.26 bits per heavy atom. The van der Waals surface area contributed by atoms with Crippen LogP contribution in [0.3, 0.4) is 0 Å². The molecule has 0 aliphatic carbocycles. The van der Waals surface area contributed by atoms with E-state index in [0.717, 1.165) is 32.4 Å². The number of esters is 1. The number of aryl methyl sites for hydroxylation is 2. The van der Waals surface area contributed by atoms with Gasteiger partial charge in [-0.3, -0.25) is 4.74 Å². The van der Waals surface area contributed by atoms with Gasteiger partial charge in [0.25, 0.3) is 5.75 Å². The number of benzene rings is 3. The van der Waals surface area contributed by atoms with Crippen molar-refractivity contribution in [2.24, 2.45) is 0 Å². The Bertz CT molecular complexity index is 941. The second-order valence-electron chi connectivity index (χ2n) is 5.99. The van der Waals surface area contributed by atoms with Gasteiger partial charge in [0.2, 0.25) is 0 Å². The summed E-state index contributed by atoms with van der Waals surface area (Å²) in [6.07, 6.45) is 1.28. The zero-order valence-electron chi connectivity index (χ0n) is 15.3. The zero-order chi connectivity index (χ0) is 19.2. The van der Waals surface area contributed by atoms with Gasteiger partial charge in [-0.2, -0.15) is 0 Å². The summed E-state index contributed by atoms with van der Waals surface area (Å²) in [5.41, 5.74) is 1.87. The molecule has 0 atom stereocenters. The largest absolute Gasteiger partial charge is 0.515 e. The lowest BCUT2D eigenvalue weighted by Crippen LogP contribution is -2.06. The molecule has 136 valence electrons. The topological polar surface area (TPSA) is 39.9 Å². The third-order valence-electron chi connectivity index (χ3n) is 3.86. The Morgan fingerprint density at radius 2 is 1.59 bits per heavy atom. The van der Waals surface area contributed by atoms with Crippen molar-refractivity contribution < 1.29 is 14.3 Å². The molecule has 0 radical (unpaired) electrons. The number of ether oxygens (including phenoxy) is 2. The van der Waals surface area contributed by atoms with E-state index in [0.29, 0.717) is 5.75 Å². The van der Waals surface area contributed by atoms with E-state index in [1.807, 2.05) is 80.6 Å². The molecule has 27 heavy (non-hydrogen) atoms. The molecule has 0 aromatic heterocycles. The van der Waals surface area contributed by atoms with Crippen molar-refractivity contribution in [3.8, 4) is 17.2 Å². The minimum absolute atomic E-state index is 0.205. The minimum Gasteiger partial charge on any atom is -0.456 e. The maximum absolute atomic E-state index is 9.60. The summed E-state index contributed by atoms with van der Waals surface area (Å²) >= 11 is 1.63. The summed E-state index contributed by atoms with van der Waals surface area (Å²) in [6, 6.07) is 21.8. The van der Waals surface area contributed by atoms with Gasteiger partial charge in [0.05, 0.1) is 11.0 Å². The molecule has 0 spiro atoms. The molecule has 4 heteroatoms. The van der Waals surface area contributed by atoms with Gasteiger partial charge in [0.15, 0.2) is 0 Å². The first-order chi connectivity index (χ1) is 13.1. The van der Waals surface area contributed by atoms with E-state index in [1.54, 1.807) is 11.8 Å². The summed E-state index contributed by atoms with van der Waals surface area (Å²) < 4.78 is 11.5. The van der Waals surface area contributed by atoms with E-state index in [4.69, 9.17) is 9.47 Å². The van der Waals surface area contributed by atoms with E-state index >= 15 is 0 Å². The van der Waals surface area contributed by atoms with Crippen LogP contribution in [0.2, 0.25) is 0 Å². The van der Waals surface area contributed by atoms with E-state index in [2.05, 4.69) is 6.58 Å². The summed E-state index contributed by atoms with van der Waals surface area (Å²) in [7, 11) is 0. The number of hydrogen-bond acceptors (Lipinski definition) is 3. The van der Waals surface area contributed by atoms with E-state index in [9.17, 15) is 4.79 Å². The van der Waals surface area contributed by atoms with Gasteiger partial charge in [0, 0.05) is 16.0 Å². The van der Waals surface area contributed by atoms with Crippen LogP contribution in [-0.2, 0) is 0 Å². The first-order valence-electron chi connectivity index (χ1n) is 8.54. The number of hydrogen-bond donors (Lipinski definition) is 0. The molecule has 0 unspecified atom stereocenters. The average Bonchev–Trinajstić information content (AvgIpc) is 2.67. The van der Waals surface area contributed by atoms with Crippen molar-refractivity contribution in [1.82, 2.24) is 0 Å². The van der Waals surface area contributed by atoms with Crippen molar-refractivity contribution in [3.05, 3.63) is 90.5 Å². The van der Waals surface area contributed by atoms with Gasteiger partial charge < -0.3 is 9.53 Å².